The van der Waals surface area contributed by atoms with E-state index in [4.69, 9.17) is 26.8 Å². The van der Waals surface area contributed by atoms with Gasteiger partial charge in [0.1, 0.15) is 4.88 Å². The molecule has 11 heteroatoms. The second-order valence-corrected chi connectivity index (χ2v) is 10.2. The second-order valence-electron chi connectivity index (χ2n) is 9.05. The Morgan fingerprint density at radius 3 is 2.47 bits per heavy atom. The van der Waals surface area contributed by atoms with E-state index in [0.29, 0.717) is 57.0 Å². The number of nitrogens with one attached hydrogen (secondary N) is 1. The number of rotatable bonds is 10. The third-order valence-corrected chi connectivity index (χ3v) is 6.81. The molecule has 2 amide bonds. The summed E-state index contributed by atoms with van der Waals surface area (Å²) >= 11 is 7.54. The van der Waals surface area contributed by atoms with Crippen LogP contribution in [0.2, 0.25) is 5.02 Å². The van der Waals surface area contributed by atoms with Crippen LogP contribution in [0, 0.1) is 12.3 Å². The Morgan fingerprint density at radius 2 is 1.86 bits per heavy atom. The van der Waals surface area contributed by atoms with E-state index in [1.54, 1.807) is 48.2 Å². The van der Waals surface area contributed by atoms with Crippen LogP contribution in [0.25, 0.3) is 0 Å². The molecule has 0 saturated carbocycles. The lowest BCUT2D eigenvalue weighted by molar-refractivity contribution is 0.0673. The monoisotopic (exact) mass is 531 g/mol. The zero-order valence-electron chi connectivity index (χ0n) is 20.9. The van der Waals surface area contributed by atoms with Crippen molar-refractivity contribution in [2.45, 2.75) is 27.3 Å². The molecule has 1 aromatic heterocycles. The number of hydrogen-bond acceptors (Lipinski definition) is 8. The van der Waals surface area contributed by atoms with E-state index in [9.17, 15) is 9.59 Å². The first kappa shape index (κ1) is 27.4. The lowest BCUT2D eigenvalue weighted by Crippen LogP contribution is -2.41. The van der Waals surface area contributed by atoms with E-state index in [1.807, 2.05) is 13.8 Å². The van der Waals surface area contributed by atoms with E-state index in [2.05, 4.69) is 14.9 Å². The zero-order valence-corrected chi connectivity index (χ0v) is 22.5. The van der Waals surface area contributed by atoms with Gasteiger partial charge in [-0.25, -0.2) is 0 Å². The Bertz CT molecular complexity index is 1250. The number of benzene rings is 2. The summed E-state index contributed by atoms with van der Waals surface area (Å²) in [7, 11) is 3.06. The summed E-state index contributed by atoms with van der Waals surface area (Å²) < 4.78 is 14.5. The Labute approximate surface area is 219 Å². The minimum atomic E-state index is -0.346. The fraction of sp³-hybridized carbons (Fsp3) is 0.360. The molecular weight excluding hydrogens is 502 g/mol. The first-order chi connectivity index (χ1) is 17.1. The van der Waals surface area contributed by atoms with Gasteiger partial charge in [0.05, 0.1) is 19.9 Å². The Kier molecular flexibility index (Phi) is 8.89. The van der Waals surface area contributed by atoms with Crippen molar-refractivity contribution in [2.24, 2.45) is 11.1 Å². The molecule has 0 aliphatic carbocycles. The Balaban J connectivity index is 1.91. The lowest BCUT2D eigenvalue weighted by Gasteiger charge is -2.32. The van der Waals surface area contributed by atoms with Crippen molar-refractivity contribution in [1.29, 1.82) is 0 Å². The van der Waals surface area contributed by atoms with Gasteiger partial charge in [-0.05, 0) is 72.4 Å². The Hall–Kier alpha value is -3.21. The number of ether oxygens (including phenoxy) is 2. The summed E-state index contributed by atoms with van der Waals surface area (Å²) in [5.74, 6) is 0.463. The standard InChI is InChI=1S/C25H30ClN5O4S/c1-15-22(36-30-29-15)23(32)28-18-7-8-19(26)17(10-18)12-31(14-25(2,3)13-27)24(33)16-6-9-20(34-4)21(11-16)35-5/h6-11H,12-14,27H2,1-5H3,(H,28,32). The van der Waals surface area contributed by atoms with Gasteiger partial charge < -0.3 is 25.4 Å². The van der Waals surface area contributed by atoms with Crippen LogP contribution in [0.15, 0.2) is 36.4 Å². The number of aromatic nitrogens is 2. The van der Waals surface area contributed by atoms with Crippen LogP contribution in [0.4, 0.5) is 5.69 Å². The molecule has 9 nitrogen and oxygen atoms in total. The number of nitrogens with zero attached hydrogens (tertiary/aromatic N) is 3. The maximum atomic E-state index is 13.6. The fourth-order valence-electron chi connectivity index (χ4n) is 3.54. The van der Waals surface area contributed by atoms with Crippen LogP contribution < -0.4 is 20.5 Å². The van der Waals surface area contributed by atoms with Crippen LogP contribution in [-0.2, 0) is 6.54 Å². The van der Waals surface area contributed by atoms with Crippen molar-refractivity contribution in [2.75, 3.05) is 32.6 Å². The number of amides is 2. The fourth-order valence-corrected chi connectivity index (χ4v) is 4.27. The van der Waals surface area contributed by atoms with Gasteiger partial charge in [-0.1, -0.05) is 29.9 Å². The third-order valence-electron chi connectivity index (χ3n) is 5.61. The molecule has 0 aliphatic heterocycles. The molecule has 3 N–H and O–H groups in total. The summed E-state index contributed by atoms with van der Waals surface area (Å²) in [6.07, 6.45) is 0. The van der Waals surface area contributed by atoms with Crippen molar-refractivity contribution in [3.63, 3.8) is 0 Å². The number of methoxy groups -OCH3 is 2. The van der Waals surface area contributed by atoms with E-state index >= 15 is 0 Å². The number of halogens is 1. The molecule has 192 valence electrons. The van der Waals surface area contributed by atoms with Gasteiger partial charge in [0.25, 0.3) is 11.8 Å². The maximum Gasteiger partial charge on any atom is 0.269 e. The highest BCUT2D eigenvalue weighted by Gasteiger charge is 2.26. The number of anilines is 1. The molecule has 1 heterocycles. The summed E-state index contributed by atoms with van der Waals surface area (Å²) in [6, 6.07) is 10.2. The van der Waals surface area contributed by atoms with E-state index in [0.717, 1.165) is 11.5 Å². The van der Waals surface area contributed by atoms with Crippen molar-refractivity contribution in [3.05, 3.63) is 63.1 Å². The number of carbonyl (C=O) groups is 2. The topological polar surface area (TPSA) is 120 Å². The average Bonchev–Trinajstić information content (AvgIpc) is 3.30. The predicted molar refractivity (Wildman–Crippen MR) is 141 cm³/mol. The quantitative estimate of drug-likeness (QED) is 0.398. The summed E-state index contributed by atoms with van der Waals surface area (Å²) in [4.78, 5) is 28.4. The smallest absolute Gasteiger partial charge is 0.269 e. The molecule has 3 rings (SSSR count). The molecule has 0 aliphatic rings. The molecule has 0 unspecified atom stereocenters. The number of carbonyl (C=O) groups excluding carboxylic acids is 2. The highest BCUT2D eigenvalue weighted by Crippen LogP contribution is 2.30. The van der Waals surface area contributed by atoms with Gasteiger partial charge in [-0.15, -0.1) is 5.10 Å². The molecule has 0 radical (unpaired) electrons. The van der Waals surface area contributed by atoms with Crippen LogP contribution in [0.3, 0.4) is 0 Å². The molecule has 0 spiro atoms. The first-order valence-corrected chi connectivity index (χ1v) is 12.3. The van der Waals surface area contributed by atoms with Gasteiger partial charge in [0, 0.05) is 29.4 Å². The summed E-state index contributed by atoms with van der Waals surface area (Å²) in [6.45, 7) is 6.68. The predicted octanol–water partition coefficient (Wildman–Crippen LogP) is 4.40. The summed E-state index contributed by atoms with van der Waals surface area (Å²) in [5, 5.41) is 7.20. The normalized spacial score (nSPS) is 11.2. The van der Waals surface area contributed by atoms with Crippen molar-refractivity contribution >= 4 is 40.6 Å². The van der Waals surface area contributed by atoms with Crippen molar-refractivity contribution in [1.82, 2.24) is 14.5 Å². The van der Waals surface area contributed by atoms with Crippen molar-refractivity contribution < 1.29 is 19.1 Å². The van der Waals surface area contributed by atoms with Crippen LogP contribution in [0.1, 0.15) is 45.1 Å². The van der Waals surface area contributed by atoms with Crippen LogP contribution in [-0.4, -0.2) is 53.6 Å². The molecule has 36 heavy (non-hydrogen) atoms. The molecule has 0 bridgehead atoms. The zero-order chi connectivity index (χ0) is 26.5. The Morgan fingerprint density at radius 1 is 1.14 bits per heavy atom. The number of aryl methyl sites for hydroxylation is 1. The molecular formula is C25H30ClN5O4S. The summed E-state index contributed by atoms with van der Waals surface area (Å²) in [5.41, 5.74) is 7.85. The molecule has 0 saturated heterocycles. The van der Waals surface area contributed by atoms with E-state index < -0.39 is 0 Å². The minimum absolute atomic E-state index is 0.209. The second kappa shape index (κ2) is 11.7. The molecule has 3 aromatic rings. The average molecular weight is 532 g/mol. The molecule has 2 aromatic carbocycles. The van der Waals surface area contributed by atoms with E-state index in [-0.39, 0.29) is 23.8 Å². The van der Waals surface area contributed by atoms with Gasteiger partial charge in [0.2, 0.25) is 0 Å². The van der Waals surface area contributed by atoms with Gasteiger partial charge in [0.15, 0.2) is 11.5 Å². The highest BCUT2D eigenvalue weighted by atomic mass is 35.5. The molecule has 0 atom stereocenters. The van der Waals surface area contributed by atoms with Gasteiger partial charge in [-0.3, -0.25) is 9.59 Å². The SMILES string of the molecule is COc1ccc(C(=O)N(Cc2cc(NC(=O)c3snnc3C)ccc2Cl)CC(C)(C)CN)cc1OC. The first-order valence-electron chi connectivity index (χ1n) is 11.2. The third kappa shape index (κ3) is 6.51. The highest BCUT2D eigenvalue weighted by molar-refractivity contribution is 7.08. The van der Waals surface area contributed by atoms with Crippen LogP contribution >= 0.6 is 23.1 Å². The molecule has 0 fully saturated rings. The van der Waals surface area contributed by atoms with Crippen molar-refractivity contribution in [3.8, 4) is 11.5 Å². The number of nitrogens with two attached hydrogens (primary N) is 1. The minimum Gasteiger partial charge on any atom is -0.493 e. The largest absolute Gasteiger partial charge is 0.493 e. The number of hydrogen-bond donors (Lipinski definition) is 2. The lowest BCUT2D eigenvalue weighted by atomic mass is 9.92. The van der Waals surface area contributed by atoms with Gasteiger partial charge in [-0.2, -0.15) is 0 Å². The van der Waals surface area contributed by atoms with E-state index in [1.165, 1.54) is 14.2 Å². The van der Waals surface area contributed by atoms with Crippen LogP contribution in [0.5, 0.6) is 11.5 Å². The maximum absolute atomic E-state index is 13.6. The van der Waals surface area contributed by atoms with Gasteiger partial charge >= 0.3 is 0 Å².